The van der Waals surface area contributed by atoms with Crippen molar-refractivity contribution in [2.75, 3.05) is 14.2 Å². The van der Waals surface area contributed by atoms with Crippen LogP contribution in [0.4, 0.5) is 5.69 Å². The first-order chi connectivity index (χ1) is 8.49. The molecule has 6 heteroatoms. The Morgan fingerprint density at radius 2 is 1.89 bits per heavy atom. The summed E-state index contributed by atoms with van der Waals surface area (Å²) in [6.07, 6.45) is 1.21. The van der Waals surface area contributed by atoms with Gasteiger partial charge in [0.05, 0.1) is 25.2 Å². The molecule has 1 rings (SSSR count). The fourth-order valence-corrected chi connectivity index (χ4v) is 1.66. The molecule has 0 amide bonds. The lowest BCUT2D eigenvalue weighted by atomic mass is 10.0. The van der Waals surface area contributed by atoms with Crippen LogP contribution in [-0.2, 0) is 6.42 Å². The maximum absolute atomic E-state index is 11.0. The third-order valence-electron chi connectivity index (χ3n) is 2.65. The minimum atomic E-state index is -0.418. The first kappa shape index (κ1) is 14.2. The van der Waals surface area contributed by atoms with Crippen LogP contribution in [0.25, 0.3) is 0 Å². The van der Waals surface area contributed by atoms with E-state index in [2.05, 4.69) is 0 Å². The van der Waals surface area contributed by atoms with E-state index in [1.54, 1.807) is 6.07 Å². The minimum absolute atomic E-state index is 0.00213. The molecule has 1 aromatic carbocycles. The number of nitro benzene ring substituents is 1. The number of rotatable bonds is 6. The van der Waals surface area contributed by atoms with Crippen molar-refractivity contribution in [1.82, 2.24) is 0 Å². The molecule has 100 valence electrons. The van der Waals surface area contributed by atoms with Crippen LogP contribution in [0.3, 0.4) is 0 Å². The lowest BCUT2D eigenvalue weighted by molar-refractivity contribution is -0.385. The highest BCUT2D eigenvalue weighted by atomic mass is 16.6. The van der Waals surface area contributed by atoms with Gasteiger partial charge in [0.2, 0.25) is 0 Å². The molecule has 0 aliphatic rings. The lowest BCUT2D eigenvalue weighted by Gasteiger charge is -2.11. The molecule has 0 aromatic heterocycles. The summed E-state index contributed by atoms with van der Waals surface area (Å²) >= 11 is 0. The zero-order valence-corrected chi connectivity index (χ0v) is 10.8. The number of methoxy groups -OCH3 is 2. The largest absolute Gasteiger partial charge is 0.493 e. The van der Waals surface area contributed by atoms with E-state index in [0.29, 0.717) is 29.9 Å². The van der Waals surface area contributed by atoms with Gasteiger partial charge in [-0.25, -0.2) is 0 Å². The summed E-state index contributed by atoms with van der Waals surface area (Å²) in [5.41, 5.74) is 6.31. The van der Waals surface area contributed by atoms with Crippen LogP contribution in [0.15, 0.2) is 12.1 Å². The Hall–Kier alpha value is -1.82. The maximum atomic E-state index is 11.0. The third kappa shape index (κ3) is 3.33. The van der Waals surface area contributed by atoms with Gasteiger partial charge in [0.25, 0.3) is 5.69 Å². The van der Waals surface area contributed by atoms with Gasteiger partial charge in [0.15, 0.2) is 11.5 Å². The fraction of sp³-hybridized carbons (Fsp3) is 0.500. The summed E-state index contributed by atoms with van der Waals surface area (Å²) in [5.74, 6) is 0.844. The number of hydrogen-bond acceptors (Lipinski definition) is 5. The van der Waals surface area contributed by atoms with Gasteiger partial charge in [-0.05, 0) is 25.8 Å². The second kappa shape index (κ2) is 6.20. The van der Waals surface area contributed by atoms with E-state index in [4.69, 9.17) is 15.2 Å². The predicted molar refractivity (Wildman–Crippen MR) is 68.2 cm³/mol. The second-order valence-electron chi connectivity index (χ2n) is 4.11. The molecule has 0 aliphatic carbocycles. The molecule has 0 saturated heterocycles. The standard InChI is InChI=1S/C12H18N2O4/c1-8(13)4-5-9-6-11(17-2)12(18-3)7-10(9)14(15)16/h6-8H,4-5,13H2,1-3H3. The van der Waals surface area contributed by atoms with Crippen molar-refractivity contribution in [3.63, 3.8) is 0 Å². The molecule has 0 heterocycles. The Morgan fingerprint density at radius 1 is 1.33 bits per heavy atom. The molecule has 0 bridgehead atoms. The SMILES string of the molecule is COc1cc(CCC(C)N)c([N+](=O)[O-])cc1OC. The number of hydrogen-bond donors (Lipinski definition) is 1. The monoisotopic (exact) mass is 254 g/mol. The molecule has 0 saturated carbocycles. The van der Waals surface area contributed by atoms with Gasteiger partial charge in [-0.3, -0.25) is 10.1 Å². The van der Waals surface area contributed by atoms with Crippen molar-refractivity contribution in [2.24, 2.45) is 5.73 Å². The van der Waals surface area contributed by atoms with Crippen molar-refractivity contribution in [2.45, 2.75) is 25.8 Å². The molecule has 1 unspecified atom stereocenters. The third-order valence-corrected chi connectivity index (χ3v) is 2.65. The van der Waals surface area contributed by atoms with Gasteiger partial charge in [-0.15, -0.1) is 0 Å². The lowest BCUT2D eigenvalue weighted by Crippen LogP contribution is -2.15. The van der Waals surface area contributed by atoms with Crippen LogP contribution in [-0.4, -0.2) is 25.2 Å². The number of benzene rings is 1. The highest BCUT2D eigenvalue weighted by Gasteiger charge is 2.19. The summed E-state index contributed by atoms with van der Waals surface area (Å²) in [5, 5.41) is 11.0. The predicted octanol–water partition coefficient (Wildman–Crippen LogP) is 1.89. The number of aryl methyl sites for hydroxylation is 1. The van der Waals surface area contributed by atoms with Gasteiger partial charge in [-0.2, -0.15) is 0 Å². The van der Waals surface area contributed by atoms with Gasteiger partial charge >= 0.3 is 0 Å². The first-order valence-corrected chi connectivity index (χ1v) is 5.64. The van der Waals surface area contributed by atoms with Crippen LogP contribution < -0.4 is 15.2 Å². The van der Waals surface area contributed by atoms with Gasteiger partial charge in [0, 0.05) is 11.6 Å². The normalized spacial score (nSPS) is 12.0. The van der Waals surface area contributed by atoms with E-state index in [-0.39, 0.29) is 11.7 Å². The number of nitrogens with two attached hydrogens (primary N) is 1. The zero-order chi connectivity index (χ0) is 13.7. The van der Waals surface area contributed by atoms with Crippen molar-refractivity contribution in [3.8, 4) is 11.5 Å². The van der Waals surface area contributed by atoms with Crippen LogP contribution in [0, 0.1) is 10.1 Å². The van der Waals surface area contributed by atoms with E-state index in [1.807, 2.05) is 6.92 Å². The number of nitrogens with zero attached hydrogens (tertiary/aromatic N) is 1. The quantitative estimate of drug-likeness (QED) is 0.618. The minimum Gasteiger partial charge on any atom is -0.493 e. The molecule has 0 aliphatic heterocycles. The van der Waals surface area contributed by atoms with Crippen LogP contribution in [0.5, 0.6) is 11.5 Å². The summed E-state index contributed by atoms with van der Waals surface area (Å²) in [4.78, 5) is 10.6. The fourth-order valence-electron chi connectivity index (χ4n) is 1.66. The Labute approximate surface area is 106 Å². The smallest absolute Gasteiger partial charge is 0.276 e. The summed E-state index contributed by atoms with van der Waals surface area (Å²) in [7, 11) is 2.95. The highest BCUT2D eigenvalue weighted by molar-refractivity contribution is 5.54. The molecule has 0 radical (unpaired) electrons. The average Bonchev–Trinajstić information content (AvgIpc) is 2.34. The average molecular weight is 254 g/mol. The molecule has 6 nitrogen and oxygen atoms in total. The van der Waals surface area contributed by atoms with Gasteiger partial charge in [0.1, 0.15) is 0 Å². The molecular weight excluding hydrogens is 236 g/mol. The Bertz CT molecular complexity index is 432. The highest BCUT2D eigenvalue weighted by Crippen LogP contribution is 2.35. The topological polar surface area (TPSA) is 87.6 Å². The van der Waals surface area contributed by atoms with Crippen LogP contribution in [0.1, 0.15) is 18.9 Å². The van der Waals surface area contributed by atoms with Crippen molar-refractivity contribution in [1.29, 1.82) is 0 Å². The first-order valence-electron chi connectivity index (χ1n) is 5.64. The van der Waals surface area contributed by atoms with Crippen molar-refractivity contribution in [3.05, 3.63) is 27.8 Å². The Kier molecular flexibility index (Phi) is 4.91. The summed E-state index contributed by atoms with van der Waals surface area (Å²) in [6.45, 7) is 1.87. The number of nitro groups is 1. The molecule has 2 N–H and O–H groups in total. The van der Waals surface area contributed by atoms with E-state index >= 15 is 0 Å². The Balaban J connectivity index is 3.16. The molecule has 1 atom stereocenters. The van der Waals surface area contributed by atoms with Crippen LogP contribution >= 0.6 is 0 Å². The van der Waals surface area contributed by atoms with Crippen LogP contribution in [0.2, 0.25) is 0 Å². The number of ether oxygens (including phenoxy) is 2. The molecule has 0 spiro atoms. The maximum Gasteiger partial charge on any atom is 0.276 e. The molecule has 0 fully saturated rings. The molecule has 1 aromatic rings. The van der Waals surface area contributed by atoms with Crippen molar-refractivity contribution < 1.29 is 14.4 Å². The Morgan fingerprint density at radius 3 is 2.33 bits per heavy atom. The van der Waals surface area contributed by atoms with Gasteiger partial charge < -0.3 is 15.2 Å². The second-order valence-corrected chi connectivity index (χ2v) is 4.11. The zero-order valence-electron chi connectivity index (χ0n) is 10.8. The van der Waals surface area contributed by atoms with E-state index in [1.165, 1.54) is 20.3 Å². The van der Waals surface area contributed by atoms with E-state index in [9.17, 15) is 10.1 Å². The van der Waals surface area contributed by atoms with E-state index < -0.39 is 4.92 Å². The summed E-state index contributed by atoms with van der Waals surface area (Å²) in [6, 6.07) is 3.02. The molecule has 18 heavy (non-hydrogen) atoms. The molecular formula is C12H18N2O4. The summed E-state index contributed by atoms with van der Waals surface area (Å²) < 4.78 is 10.2. The van der Waals surface area contributed by atoms with Crippen molar-refractivity contribution >= 4 is 5.69 Å². The van der Waals surface area contributed by atoms with E-state index in [0.717, 1.165) is 0 Å². The van der Waals surface area contributed by atoms with Gasteiger partial charge in [-0.1, -0.05) is 0 Å².